The molecule has 2 rings (SSSR count). The highest BCUT2D eigenvalue weighted by Gasteiger charge is 2.31. The van der Waals surface area contributed by atoms with Crippen LogP contribution in [0.1, 0.15) is 46.5 Å². The molecule has 1 amide bonds. The Balaban J connectivity index is 1.94. The summed E-state index contributed by atoms with van der Waals surface area (Å²) < 4.78 is 5.55. The molecule has 1 saturated heterocycles. The fourth-order valence-corrected chi connectivity index (χ4v) is 2.91. The van der Waals surface area contributed by atoms with Gasteiger partial charge in [-0.1, -0.05) is 12.2 Å². The van der Waals surface area contributed by atoms with Crippen LogP contribution < -0.4 is 0 Å². The van der Waals surface area contributed by atoms with E-state index in [0.29, 0.717) is 6.04 Å². The summed E-state index contributed by atoms with van der Waals surface area (Å²) in [5, 5.41) is 0. The van der Waals surface area contributed by atoms with Gasteiger partial charge in [-0.05, 0) is 46.5 Å². The molecule has 4 nitrogen and oxygen atoms in total. The summed E-state index contributed by atoms with van der Waals surface area (Å²) in [6, 6.07) is 0.310. The molecule has 0 aromatic heterocycles. The molecule has 0 radical (unpaired) electrons. The zero-order valence-corrected chi connectivity index (χ0v) is 13.1. The Hall–Kier alpha value is -1.03. The average molecular weight is 280 g/mol. The first kappa shape index (κ1) is 15.4. The van der Waals surface area contributed by atoms with Crippen LogP contribution >= 0.6 is 0 Å². The fraction of sp³-hybridized carbons (Fsp3) is 0.812. The van der Waals surface area contributed by atoms with Crippen LogP contribution in [0.5, 0.6) is 0 Å². The molecule has 1 fully saturated rings. The molecule has 2 aliphatic rings. The number of rotatable bonds is 2. The van der Waals surface area contributed by atoms with Crippen molar-refractivity contribution in [2.75, 3.05) is 26.2 Å². The van der Waals surface area contributed by atoms with Crippen LogP contribution in [0.2, 0.25) is 0 Å². The van der Waals surface area contributed by atoms with Crippen molar-refractivity contribution in [3.63, 3.8) is 0 Å². The molecule has 0 aromatic rings. The Bertz CT molecular complexity index is 360. The van der Waals surface area contributed by atoms with E-state index in [0.717, 1.165) is 45.4 Å². The first-order chi connectivity index (χ1) is 9.46. The minimum atomic E-state index is -0.410. The van der Waals surface area contributed by atoms with E-state index in [1.165, 1.54) is 6.42 Å². The van der Waals surface area contributed by atoms with E-state index >= 15 is 0 Å². The number of likely N-dealkylation sites (tertiary alicyclic amines) is 1. The Labute approximate surface area is 122 Å². The SMILES string of the molecule is CC(C)(C)OC(=O)N1CCCCC1CN1CC=CCC1. The van der Waals surface area contributed by atoms with Gasteiger partial charge in [0.1, 0.15) is 5.60 Å². The van der Waals surface area contributed by atoms with Gasteiger partial charge in [-0.2, -0.15) is 0 Å². The number of hydrogen-bond donors (Lipinski definition) is 0. The fourth-order valence-electron chi connectivity index (χ4n) is 2.91. The molecular formula is C16H28N2O2. The highest BCUT2D eigenvalue weighted by Crippen LogP contribution is 2.21. The molecule has 0 aromatic carbocycles. The van der Waals surface area contributed by atoms with Crippen molar-refractivity contribution in [1.82, 2.24) is 9.80 Å². The lowest BCUT2D eigenvalue weighted by Gasteiger charge is -2.39. The number of hydrogen-bond acceptors (Lipinski definition) is 3. The first-order valence-corrected chi connectivity index (χ1v) is 7.83. The van der Waals surface area contributed by atoms with Crippen LogP contribution in [0.3, 0.4) is 0 Å². The number of piperidine rings is 1. The van der Waals surface area contributed by atoms with Crippen molar-refractivity contribution >= 4 is 6.09 Å². The van der Waals surface area contributed by atoms with E-state index in [-0.39, 0.29) is 6.09 Å². The van der Waals surface area contributed by atoms with Crippen molar-refractivity contribution in [2.45, 2.75) is 58.1 Å². The van der Waals surface area contributed by atoms with Gasteiger partial charge >= 0.3 is 6.09 Å². The van der Waals surface area contributed by atoms with Crippen molar-refractivity contribution < 1.29 is 9.53 Å². The van der Waals surface area contributed by atoms with Crippen LogP contribution in [0, 0.1) is 0 Å². The number of nitrogens with zero attached hydrogens (tertiary/aromatic N) is 2. The summed E-state index contributed by atoms with van der Waals surface area (Å²) in [7, 11) is 0. The lowest BCUT2D eigenvalue weighted by atomic mass is 10.0. The van der Waals surface area contributed by atoms with Gasteiger partial charge in [-0.15, -0.1) is 0 Å². The summed E-state index contributed by atoms with van der Waals surface area (Å²) in [5.41, 5.74) is -0.410. The second-order valence-electron chi connectivity index (χ2n) is 6.84. The predicted octanol–water partition coefficient (Wildman–Crippen LogP) is 3.04. The maximum Gasteiger partial charge on any atom is 0.410 e. The Morgan fingerprint density at radius 1 is 1.25 bits per heavy atom. The van der Waals surface area contributed by atoms with E-state index in [1.807, 2.05) is 25.7 Å². The van der Waals surface area contributed by atoms with Gasteiger partial charge in [-0.25, -0.2) is 4.79 Å². The van der Waals surface area contributed by atoms with Crippen LogP contribution in [0.25, 0.3) is 0 Å². The lowest BCUT2D eigenvalue weighted by molar-refractivity contribution is 0.00546. The third-order valence-corrected chi connectivity index (χ3v) is 3.87. The van der Waals surface area contributed by atoms with E-state index in [2.05, 4.69) is 17.1 Å². The predicted molar refractivity (Wildman–Crippen MR) is 80.8 cm³/mol. The normalized spacial score (nSPS) is 24.8. The lowest BCUT2D eigenvalue weighted by Crippen LogP contribution is -2.51. The van der Waals surface area contributed by atoms with Gasteiger partial charge < -0.3 is 9.64 Å². The maximum absolute atomic E-state index is 12.3. The minimum Gasteiger partial charge on any atom is -0.444 e. The van der Waals surface area contributed by atoms with Gasteiger partial charge in [0.25, 0.3) is 0 Å². The Morgan fingerprint density at radius 2 is 2.05 bits per heavy atom. The quantitative estimate of drug-likeness (QED) is 0.729. The van der Waals surface area contributed by atoms with E-state index < -0.39 is 5.60 Å². The van der Waals surface area contributed by atoms with E-state index in [4.69, 9.17) is 4.74 Å². The zero-order chi connectivity index (χ0) is 14.6. The van der Waals surface area contributed by atoms with Gasteiger partial charge in [0.2, 0.25) is 0 Å². The van der Waals surface area contributed by atoms with Gasteiger partial charge in [0.05, 0.1) is 0 Å². The molecule has 1 atom stereocenters. The monoisotopic (exact) mass is 280 g/mol. The smallest absolute Gasteiger partial charge is 0.410 e. The molecule has 0 aliphatic carbocycles. The molecular weight excluding hydrogens is 252 g/mol. The summed E-state index contributed by atoms with van der Waals surface area (Å²) >= 11 is 0. The molecule has 2 heterocycles. The summed E-state index contributed by atoms with van der Waals surface area (Å²) in [5.74, 6) is 0. The average Bonchev–Trinajstić information content (AvgIpc) is 2.38. The molecule has 0 bridgehead atoms. The summed E-state index contributed by atoms with van der Waals surface area (Å²) in [4.78, 5) is 16.7. The Kier molecular flexibility index (Phi) is 5.08. The van der Waals surface area contributed by atoms with Crippen LogP contribution in [0.4, 0.5) is 4.79 Å². The van der Waals surface area contributed by atoms with Crippen LogP contribution in [0.15, 0.2) is 12.2 Å². The molecule has 0 spiro atoms. The second kappa shape index (κ2) is 6.61. The molecule has 1 unspecified atom stereocenters. The number of carbonyl (C=O) groups excluding carboxylic acids is 1. The molecule has 20 heavy (non-hydrogen) atoms. The van der Waals surface area contributed by atoms with Crippen LogP contribution in [-0.2, 0) is 4.74 Å². The number of carbonyl (C=O) groups is 1. The van der Waals surface area contributed by atoms with Crippen molar-refractivity contribution in [1.29, 1.82) is 0 Å². The molecule has 4 heteroatoms. The highest BCUT2D eigenvalue weighted by atomic mass is 16.6. The second-order valence-corrected chi connectivity index (χ2v) is 6.84. The first-order valence-electron chi connectivity index (χ1n) is 7.83. The molecule has 0 saturated carbocycles. The van der Waals surface area contributed by atoms with Gasteiger partial charge in [0.15, 0.2) is 0 Å². The number of amides is 1. The van der Waals surface area contributed by atoms with Gasteiger partial charge in [-0.3, -0.25) is 4.90 Å². The maximum atomic E-state index is 12.3. The summed E-state index contributed by atoms with van der Waals surface area (Å²) in [6.45, 7) is 9.72. The van der Waals surface area contributed by atoms with E-state index in [1.54, 1.807) is 0 Å². The number of ether oxygens (including phenoxy) is 1. The molecule has 0 N–H and O–H groups in total. The topological polar surface area (TPSA) is 32.8 Å². The third kappa shape index (κ3) is 4.51. The summed E-state index contributed by atoms with van der Waals surface area (Å²) in [6.07, 6.45) is 8.85. The molecule has 2 aliphatic heterocycles. The molecule has 114 valence electrons. The standard InChI is InChI=1S/C16H28N2O2/c1-16(2,3)20-15(19)18-12-8-5-9-14(18)13-17-10-6-4-7-11-17/h4,6,14H,5,7-13H2,1-3H3. The largest absolute Gasteiger partial charge is 0.444 e. The van der Waals surface area contributed by atoms with Crippen molar-refractivity contribution in [3.05, 3.63) is 12.2 Å². The van der Waals surface area contributed by atoms with Gasteiger partial charge in [0, 0.05) is 32.2 Å². The van der Waals surface area contributed by atoms with Crippen LogP contribution in [-0.4, -0.2) is 53.7 Å². The zero-order valence-electron chi connectivity index (χ0n) is 13.1. The van der Waals surface area contributed by atoms with Crippen molar-refractivity contribution in [3.8, 4) is 0 Å². The Morgan fingerprint density at radius 3 is 2.70 bits per heavy atom. The minimum absolute atomic E-state index is 0.144. The van der Waals surface area contributed by atoms with Crippen molar-refractivity contribution in [2.24, 2.45) is 0 Å². The third-order valence-electron chi connectivity index (χ3n) is 3.87. The highest BCUT2D eigenvalue weighted by molar-refractivity contribution is 5.68. The van der Waals surface area contributed by atoms with E-state index in [9.17, 15) is 4.79 Å².